The number of halogens is 2. The first-order valence-corrected chi connectivity index (χ1v) is 8.86. The van der Waals surface area contributed by atoms with Crippen molar-refractivity contribution in [2.24, 2.45) is 0 Å². The van der Waals surface area contributed by atoms with Crippen molar-refractivity contribution in [2.75, 3.05) is 13.2 Å². The topological polar surface area (TPSA) is 35.5 Å². The molecule has 112 valence electrons. The van der Waals surface area contributed by atoms with Crippen LogP contribution in [0.3, 0.4) is 0 Å². The lowest BCUT2D eigenvalue weighted by molar-refractivity contribution is 0.104. The predicted molar refractivity (Wildman–Crippen MR) is 91.9 cm³/mol. The average Bonchev–Trinajstić information content (AvgIpc) is 2.80. The van der Waals surface area contributed by atoms with Crippen LogP contribution in [0.5, 0.6) is 11.5 Å². The number of hydrogen-bond donors (Lipinski definition) is 0. The van der Waals surface area contributed by atoms with Crippen LogP contribution in [-0.4, -0.2) is 19.0 Å². The molecule has 1 aromatic carbocycles. The lowest BCUT2D eigenvalue weighted by Gasteiger charge is -2.11. The number of hydrogen-bond acceptors (Lipinski definition) is 4. The molecule has 0 radical (unpaired) electrons. The number of ketones is 1. The zero-order valence-electron chi connectivity index (χ0n) is 11.6. The number of benzene rings is 1. The van der Waals surface area contributed by atoms with Gasteiger partial charge in [0.25, 0.3) is 0 Å². The van der Waals surface area contributed by atoms with E-state index in [1.165, 1.54) is 11.3 Å². The average molecular weight is 434 g/mol. The second-order valence-electron chi connectivity index (χ2n) is 4.09. The summed E-state index contributed by atoms with van der Waals surface area (Å²) in [5.41, 5.74) is 0.586. The van der Waals surface area contributed by atoms with Gasteiger partial charge in [-0.3, -0.25) is 4.79 Å². The highest BCUT2D eigenvalue weighted by Crippen LogP contribution is 2.35. The Morgan fingerprint density at radius 2 is 1.76 bits per heavy atom. The zero-order valence-corrected chi connectivity index (χ0v) is 15.6. The highest BCUT2D eigenvalue weighted by molar-refractivity contribution is 9.13. The molecule has 2 aromatic rings. The summed E-state index contributed by atoms with van der Waals surface area (Å²) in [6.07, 6.45) is 0. The molecule has 1 aromatic heterocycles. The first-order chi connectivity index (χ1) is 10.1. The Bertz CT molecular complexity index is 633. The Kier molecular flexibility index (Phi) is 5.84. The van der Waals surface area contributed by atoms with Gasteiger partial charge >= 0.3 is 0 Å². The van der Waals surface area contributed by atoms with Crippen LogP contribution in [0.2, 0.25) is 0 Å². The smallest absolute Gasteiger partial charge is 0.203 e. The number of carbonyl (C=O) groups is 1. The molecule has 0 aliphatic heterocycles. The molecule has 2 rings (SSSR count). The summed E-state index contributed by atoms with van der Waals surface area (Å²) in [5, 5.41) is 0. The molecule has 0 bridgehead atoms. The van der Waals surface area contributed by atoms with Gasteiger partial charge in [0.2, 0.25) is 5.78 Å². The fourth-order valence-corrected chi connectivity index (χ4v) is 3.79. The van der Waals surface area contributed by atoms with Crippen LogP contribution in [0.25, 0.3) is 0 Å². The van der Waals surface area contributed by atoms with Crippen LogP contribution in [-0.2, 0) is 0 Å². The van der Waals surface area contributed by atoms with Crippen molar-refractivity contribution in [3.05, 3.63) is 43.0 Å². The molecule has 0 spiro atoms. The maximum atomic E-state index is 12.5. The summed E-state index contributed by atoms with van der Waals surface area (Å²) in [5.74, 6) is 1.22. The summed E-state index contributed by atoms with van der Waals surface area (Å²) < 4.78 is 12.8. The standard InChI is InChI=1S/C15H14Br2O3S/c1-3-19-11-6-5-9(7-12(11)20-4-2)14(18)13-8-10(16)15(17)21-13/h5-8H,3-4H2,1-2H3. The van der Waals surface area contributed by atoms with Gasteiger partial charge in [-0.25, -0.2) is 0 Å². The van der Waals surface area contributed by atoms with Gasteiger partial charge in [-0.1, -0.05) is 0 Å². The minimum absolute atomic E-state index is 0.0320. The SMILES string of the molecule is CCOc1ccc(C(=O)c2cc(Br)c(Br)s2)cc1OCC. The molecule has 0 fully saturated rings. The molecular weight excluding hydrogens is 420 g/mol. The number of thiophene rings is 1. The lowest BCUT2D eigenvalue weighted by Crippen LogP contribution is -2.03. The molecule has 0 atom stereocenters. The quantitative estimate of drug-likeness (QED) is 0.579. The van der Waals surface area contributed by atoms with Crippen molar-refractivity contribution in [3.8, 4) is 11.5 Å². The number of rotatable bonds is 6. The van der Waals surface area contributed by atoms with Crippen LogP contribution >= 0.6 is 43.2 Å². The molecule has 0 saturated heterocycles. The van der Waals surface area contributed by atoms with E-state index in [-0.39, 0.29) is 5.78 Å². The zero-order chi connectivity index (χ0) is 15.4. The van der Waals surface area contributed by atoms with Gasteiger partial charge in [0.15, 0.2) is 11.5 Å². The van der Waals surface area contributed by atoms with E-state index in [0.717, 1.165) is 8.26 Å². The van der Waals surface area contributed by atoms with E-state index in [0.29, 0.717) is 35.2 Å². The van der Waals surface area contributed by atoms with E-state index in [2.05, 4.69) is 31.9 Å². The minimum Gasteiger partial charge on any atom is -0.490 e. The van der Waals surface area contributed by atoms with Crippen LogP contribution in [0, 0.1) is 0 Å². The first kappa shape index (κ1) is 16.5. The third-order valence-corrected chi connectivity index (χ3v) is 5.93. The Balaban J connectivity index is 2.35. The minimum atomic E-state index is -0.0320. The van der Waals surface area contributed by atoms with E-state index >= 15 is 0 Å². The van der Waals surface area contributed by atoms with Gasteiger partial charge in [0.05, 0.1) is 21.9 Å². The van der Waals surface area contributed by atoms with Crippen LogP contribution < -0.4 is 9.47 Å². The molecule has 6 heteroatoms. The largest absolute Gasteiger partial charge is 0.490 e. The maximum Gasteiger partial charge on any atom is 0.203 e. The van der Waals surface area contributed by atoms with Crippen molar-refractivity contribution in [2.45, 2.75) is 13.8 Å². The highest BCUT2D eigenvalue weighted by Gasteiger charge is 2.16. The molecule has 0 N–H and O–H groups in total. The van der Waals surface area contributed by atoms with E-state index in [4.69, 9.17) is 9.47 Å². The van der Waals surface area contributed by atoms with Crippen molar-refractivity contribution >= 4 is 49.0 Å². The van der Waals surface area contributed by atoms with Gasteiger partial charge < -0.3 is 9.47 Å². The molecular formula is C15H14Br2O3S. The summed E-state index contributed by atoms with van der Waals surface area (Å²) in [7, 11) is 0. The van der Waals surface area contributed by atoms with Crippen molar-refractivity contribution in [1.82, 2.24) is 0 Å². The van der Waals surface area contributed by atoms with E-state index in [9.17, 15) is 4.79 Å². The van der Waals surface area contributed by atoms with Gasteiger partial charge in [0, 0.05) is 10.0 Å². The van der Waals surface area contributed by atoms with E-state index in [1.54, 1.807) is 18.2 Å². The molecule has 0 amide bonds. The molecule has 1 heterocycles. The highest BCUT2D eigenvalue weighted by atomic mass is 79.9. The summed E-state index contributed by atoms with van der Waals surface area (Å²) in [6.45, 7) is 4.89. The van der Waals surface area contributed by atoms with Crippen molar-refractivity contribution in [1.29, 1.82) is 0 Å². The monoisotopic (exact) mass is 432 g/mol. The van der Waals surface area contributed by atoms with Crippen molar-refractivity contribution in [3.63, 3.8) is 0 Å². The second kappa shape index (κ2) is 7.42. The lowest BCUT2D eigenvalue weighted by atomic mass is 10.1. The van der Waals surface area contributed by atoms with Gasteiger partial charge in [-0.15, -0.1) is 11.3 Å². The molecule has 21 heavy (non-hydrogen) atoms. The van der Waals surface area contributed by atoms with Gasteiger partial charge in [-0.05, 0) is 70.0 Å². The molecule has 3 nitrogen and oxygen atoms in total. The summed E-state index contributed by atoms with van der Waals surface area (Å²) >= 11 is 8.20. The normalized spacial score (nSPS) is 10.5. The second-order valence-corrected chi connectivity index (χ2v) is 7.31. The Labute approximate surface area is 144 Å². The predicted octanol–water partition coefficient (Wildman–Crippen LogP) is 5.30. The van der Waals surface area contributed by atoms with E-state index in [1.807, 2.05) is 19.9 Å². The third-order valence-electron chi connectivity index (χ3n) is 2.67. The van der Waals surface area contributed by atoms with Crippen molar-refractivity contribution < 1.29 is 14.3 Å². The third kappa shape index (κ3) is 3.87. The van der Waals surface area contributed by atoms with Crippen LogP contribution in [0.1, 0.15) is 29.1 Å². The molecule has 0 aliphatic carbocycles. The van der Waals surface area contributed by atoms with Crippen LogP contribution in [0.4, 0.5) is 0 Å². The van der Waals surface area contributed by atoms with Gasteiger partial charge in [0.1, 0.15) is 0 Å². The Morgan fingerprint density at radius 1 is 1.10 bits per heavy atom. The fourth-order valence-electron chi connectivity index (χ4n) is 1.79. The fraction of sp³-hybridized carbons (Fsp3) is 0.267. The molecule has 0 unspecified atom stereocenters. The summed E-state index contributed by atoms with van der Waals surface area (Å²) in [6, 6.07) is 7.09. The number of ether oxygens (including phenoxy) is 2. The first-order valence-electron chi connectivity index (χ1n) is 6.46. The molecule has 0 aliphatic rings. The van der Waals surface area contributed by atoms with E-state index < -0.39 is 0 Å². The summed E-state index contributed by atoms with van der Waals surface area (Å²) in [4.78, 5) is 13.2. The maximum absolute atomic E-state index is 12.5. The molecule has 0 saturated carbocycles. The van der Waals surface area contributed by atoms with Crippen LogP contribution in [0.15, 0.2) is 32.5 Å². The number of carbonyl (C=O) groups excluding carboxylic acids is 1. The Morgan fingerprint density at radius 3 is 2.33 bits per heavy atom. The van der Waals surface area contributed by atoms with Gasteiger partial charge in [-0.2, -0.15) is 0 Å². The Hall–Kier alpha value is -0.850.